The minimum Gasteiger partial charge on any atom is -0.485 e. The molecule has 1 amide bonds. The van der Waals surface area contributed by atoms with Crippen LogP contribution in [0.3, 0.4) is 0 Å². The maximum absolute atomic E-state index is 11.1. The molecule has 0 aromatic carbocycles. The third-order valence-corrected chi connectivity index (χ3v) is 2.73. The van der Waals surface area contributed by atoms with E-state index in [9.17, 15) is 4.79 Å². The largest absolute Gasteiger partial charge is 0.485 e. The fourth-order valence-corrected chi connectivity index (χ4v) is 1.98. The number of thiophene rings is 1. The highest BCUT2D eigenvalue weighted by atomic mass is 32.1. The molecule has 0 aliphatic carbocycles. The smallest absolute Gasteiger partial charge is 0.407 e. The summed E-state index contributed by atoms with van der Waals surface area (Å²) in [6.45, 7) is 2.99. The van der Waals surface area contributed by atoms with Crippen molar-refractivity contribution in [3.05, 3.63) is 10.8 Å². The van der Waals surface area contributed by atoms with Crippen molar-refractivity contribution in [3.8, 4) is 11.5 Å². The lowest BCUT2D eigenvalue weighted by atomic mass is 10.3. The standard InChI is InChI=1S/C10H13NO4S/c1-2-11-10(12)14-4-7-3-13-8-5-16-6-9(8)15-7/h5-7H,2-4H2,1H3,(H,11,12). The fourth-order valence-electron chi connectivity index (χ4n) is 1.31. The summed E-state index contributed by atoms with van der Waals surface area (Å²) < 4.78 is 16.0. The maximum atomic E-state index is 11.1. The van der Waals surface area contributed by atoms with Crippen molar-refractivity contribution in [1.29, 1.82) is 0 Å². The van der Waals surface area contributed by atoms with Gasteiger partial charge in [-0.3, -0.25) is 0 Å². The molecule has 0 spiro atoms. The van der Waals surface area contributed by atoms with Crippen LogP contribution in [0.2, 0.25) is 0 Å². The predicted molar refractivity (Wildman–Crippen MR) is 59.3 cm³/mol. The van der Waals surface area contributed by atoms with Gasteiger partial charge in [0, 0.05) is 17.3 Å². The summed E-state index contributed by atoms with van der Waals surface area (Å²) in [7, 11) is 0. The van der Waals surface area contributed by atoms with Gasteiger partial charge in [-0.25, -0.2) is 4.79 Å². The van der Waals surface area contributed by atoms with Crippen LogP contribution < -0.4 is 14.8 Å². The Kier molecular flexibility index (Phi) is 3.51. The van der Waals surface area contributed by atoms with Crippen molar-refractivity contribution in [3.63, 3.8) is 0 Å². The van der Waals surface area contributed by atoms with Gasteiger partial charge in [0.1, 0.15) is 13.2 Å². The quantitative estimate of drug-likeness (QED) is 0.876. The van der Waals surface area contributed by atoms with Crippen LogP contribution in [0.5, 0.6) is 11.5 Å². The van der Waals surface area contributed by atoms with Crippen molar-refractivity contribution in [2.45, 2.75) is 13.0 Å². The first kappa shape index (κ1) is 11.1. The van der Waals surface area contributed by atoms with Crippen LogP contribution >= 0.6 is 11.3 Å². The average Bonchev–Trinajstić information content (AvgIpc) is 2.74. The monoisotopic (exact) mass is 243 g/mol. The molecule has 1 aliphatic rings. The van der Waals surface area contributed by atoms with Crippen LogP contribution in [-0.4, -0.2) is 32.0 Å². The molecule has 1 aliphatic heterocycles. The third kappa shape index (κ3) is 2.57. The number of rotatable bonds is 3. The van der Waals surface area contributed by atoms with E-state index in [1.807, 2.05) is 17.7 Å². The van der Waals surface area contributed by atoms with Crippen molar-refractivity contribution in [2.75, 3.05) is 19.8 Å². The summed E-state index contributed by atoms with van der Waals surface area (Å²) in [5.74, 6) is 1.49. The normalized spacial score (nSPS) is 17.9. The molecule has 1 aromatic rings. The molecular weight excluding hydrogens is 230 g/mol. The maximum Gasteiger partial charge on any atom is 0.407 e. The Morgan fingerprint density at radius 2 is 2.44 bits per heavy atom. The SMILES string of the molecule is CCNC(=O)OCC1COc2cscc2O1. The van der Waals surface area contributed by atoms with E-state index in [1.54, 1.807) is 0 Å². The molecule has 16 heavy (non-hydrogen) atoms. The zero-order chi connectivity index (χ0) is 11.4. The Balaban J connectivity index is 1.79. The first-order chi connectivity index (χ1) is 7.79. The Morgan fingerprint density at radius 1 is 1.62 bits per heavy atom. The number of carbonyl (C=O) groups is 1. The molecule has 0 saturated carbocycles. The highest BCUT2D eigenvalue weighted by Gasteiger charge is 2.22. The van der Waals surface area contributed by atoms with Crippen LogP contribution in [0.1, 0.15) is 6.92 Å². The second-order valence-corrected chi connectivity index (χ2v) is 4.02. The molecule has 1 aromatic heterocycles. The van der Waals surface area contributed by atoms with Gasteiger partial charge in [0.2, 0.25) is 0 Å². The van der Waals surface area contributed by atoms with E-state index in [2.05, 4.69) is 5.32 Å². The molecule has 2 rings (SSSR count). The number of nitrogens with one attached hydrogen (secondary N) is 1. The number of hydrogen-bond donors (Lipinski definition) is 1. The van der Waals surface area contributed by atoms with Gasteiger partial charge in [-0.15, -0.1) is 11.3 Å². The molecule has 1 unspecified atom stereocenters. The summed E-state index contributed by atoms with van der Waals surface area (Å²) in [5, 5.41) is 6.30. The Hall–Kier alpha value is -1.43. The van der Waals surface area contributed by atoms with Crippen LogP contribution in [0.25, 0.3) is 0 Å². The summed E-state index contributed by atoms with van der Waals surface area (Å²) in [4.78, 5) is 11.1. The van der Waals surface area contributed by atoms with Crippen molar-refractivity contribution < 1.29 is 19.0 Å². The second kappa shape index (κ2) is 5.07. The molecule has 1 atom stereocenters. The highest BCUT2D eigenvalue weighted by Crippen LogP contribution is 2.35. The molecule has 0 radical (unpaired) electrons. The zero-order valence-electron chi connectivity index (χ0n) is 8.89. The Morgan fingerprint density at radius 3 is 3.25 bits per heavy atom. The summed E-state index contributed by atoms with van der Waals surface area (Å²) in [6, 6.07) is 0. The van der Waals surface area contributed by atoms with Crippen LogP contribution in [0.4, 0.5) is 4.79 Å². The van der Waals surface area contributed by atoms with Crippen LogP contribution in [-0.2, 0) is 4.74 Å². The molecule has 1 N–H and O–H groups in total. The van der Waals surface area contributed by atoms with E-state index < -0.39 is 6.09 Å². The van der Waals surface area contributed by atoms with Gasteiger partial charge in [0.05, 0.1) is 0 Å². The number of fused-ring (bicyclic) bond motifs is 1. The Bertz CT molecular complexity index is 365. The first-order valence-corrected chi connectivity index (χ1v) is 6.00. The van der Waals surface area contributed by atoms with E-state index in [0.29, 0.717) is 13.2 Å². The lowest BCUT2D eigenvalue weighted by Gasteiger charge is -2.23. The summed E-state index contributed by atoms with van der Waals surface area (Å²) in [6.07, 6.45) is -0.660. The average molecular weight is 243 g/mol. The lowest BCUT2D eigenvalue weighted by Crippen LogP contribution is -2.35. The van der Waals surface area contributed by atoms with E-state index in [0.717, 1.165) is 11.5 Å². The first-order valence-electron chi connectivity index (χ1n) is 5.06. The topological polar surface area (TPSA) is 56.8 Å². The Labute approximate surface area is 97.3 Å². The number of ether oxygens (including phenoxy) is 3. The van der Waals surface area contributed by atoms with E-state index in [1.165, 1.54) is 11.3 Å². The van der Waals surface area contributed by atoms with Gasteiger partial charge in [0.15, 0.2) is 17.6 Å². The van der Waals surface area contributed by atoms with Gasteiger partial charge >= 0.3 is 6.09 Å². The van der Waals surface area contributed by atoms with Crippen molar-refractivity contribution >= 4 is 17.4 Å². The molecule has 2 heterocycles. The molecule has 5 nitrogen and oxygen atoms in total. The number of carbonyl (C=O) groups excluding carboxylic acids is 1. The van der Waals surface area contributed by atoms with E-state index >= 15 is 0 Å². The van der Waals surface area contributed by atoms with Gasteiger partial charge in [0.25, 0.3) is 0 Å². The predicted octanol–water partition coefficient (Wildman–Crippen LogP) is 1.63. The molecular formula is C10H13NO4S. The molecule has 0 fully saturated rings. The minimum absolute atomic E-state index is 0.196. The van der Waals surface area contributed by atoms with Gasteiger partial charge in [-0.1, -0.05) is 0 Å². The second-order valence-electron chi connectivity index (χ2n) is 3.28. The van der Waals surface area contributed by atoms with Crippen LogP contribution in [0.15, 0.2) is 10.8 Å². The molecule has 88 valence electrons. The fraction of sp³-hybridized carbons (Fsp3) is 0.500. The number of alkyl carbamates (subject to hydrolysis) is 1. The van der Waals surface area contributed by atoms with Gasteiger partial charge in [-0.05, 0) is 6.92 Å². The lowest BCUT2D eigenvalue weighted by molar-refractivity contribution is 0.0344. The molecule has 0 bridgehead atoms. The number of hydrogen-bond acceptors (Lipinski definition) is 5. The van der Waals surface area contributed by atoms with Crippen molar-refractivity contribution in [2.24, 2.45) is 0 Å². The summed E-state index contributed by atoms with van der Waals surface area (Å²) in [5.41, 5.74) is 0. The van der Waals surface area contributed by atoms with Gasteiger partial charge in [-0.2, -0.15) is 0 Å². The minimum atomic E-state index is -0.429. The highest BCUT2D eigenvalue weighted by molar-refractivity contribution is 7.08. The number of amides is 1. The summed E-state index contributed by atoms with van der Waals surface area (Å²) >= 11 is 1.52. The third-order valence-electron chi connectivity index (χ3n) is 2.03. The molecule has 6 heteroatoms. The zero-order valence-corrected chi connectivity index (χ0v) is 9.71. The van der Waals surface area contributed by atoms with E-state index in [-0.39, 0.29) is 12.7 Å². The van der Waals surface area contributed by atoms with Gasteiger partial charge < -0.3 is 19.5 Å². The molecule has 0 saturated heterocycles. The van der Waals surface area contributed by atoms with E-state index in [4.69, 9.17) is 14.2 Å². The van der Waals surface area contributed by atoms with Crippen LogP contribution in [0, 0.1) is 0 Å². The van der Waals surface area contributed by atoms with Crippen molar-refractivity contribution in [1.82, 2.24) is 5.32 Å².